The number of carbonyl (C=O) groups excluding carboxylic acids is 1. The van der Waals surface area contributed by atoms with Crippen LogP contribution in [0, 0.1) is 0 Å². The number of carbonyl (C=O) groups is 1. The Bertz CT molecular complexity index is 465. The second-order valence-electron chi connectivity index (χ2n) is 2.89. The molecule has 1 heterocycles. The van der Waals surface area contributed by atoms with E-state index in [4.69, 9.17) is 10.3 Å². The monoisotopic (exact) mass is 203 g/mol. The van der Waals surface area contributed by atoms with Gasteiger partial charge in [-0.2, -0.15) is 0 Å². The molecule has 15 heavy (non-hydrogen) atoms. The molecule has 0 saturated heterocycles. The third kappa shape index (κ3) is 1.87. The van der Waals surface area contributed by atoms with Crippen LogP contribution in [0.5, 0.6) is 0 Å². The number of rotatable bonds is 2. The molecule has 0 aliphatic carbocycles. The number of aromatic nitrogens is 1. The van der Waals surface area contributed by atoms with Crippen LogP contribution >= 0.6 is 0 Å². The van der Waals surface area contributed by atoms with E-state index in [-0.39, 0.29) is 5.91 Å². The molecule has 5 nitrogen and oxygen atoms in total. The van der Waals surface area contributed by atoms with Crippen LogP contribution in [0.25, 0.3) is 11.5 Å². The van der Waals surface area contributed by atoms with E-state index < -0.39 is 0 Å². The Morgan fingerprint density at radius 3 is 3.00 bits per heavy atom. The molecule has 2 rings (SSSR count). The number of benzene rings is 1. The van der Waals surface area contributed by atoms with Crippen LogP contribution < -0.4 is 11.3 Å². The summed E-state index contributed by atoms with van der Waals surface area (Å²) in [7, 11) is 0. The van der Waals surface area contributed by atoms with Crippen molar-refractivity contribution >= 4 is 5.91 Å². The lowest BCUT2D eigenvalue weighted by Crippen LogP contribution is -2.29. The van der Waals surface area contributed by atoms with Crippen LogP contribution in [-0.2, 0) is 0 Å². The maximum Gasteiger partial charge on any atom is 0.265 e. The van der Waals surface area contributed by atoms with Gasteiger partial charge in [-0.05, 0) is 18.2 Å². The van der Waals surface area contributed by atoms with Gasteiger partial charge >= 0.3 is 0 Å². The second-order valence-corrected chi connectivity index (χ2v) is 2.89. The molecule has 2 aromatic rings. The molecular weight excluding hydrogens is 194 g/mol. The highest BCUT2D eigenvalue weighted by molar-refractivity contribution is 5.94. The van der Waals surface area contributed by atoms with Gasteiger partial charge in [0.25, 0.3) is 5.91 Å². The highest BCUT2D eigenvalue weighted by Gasteiger charge is 2.07. The van der Waals surface area contributed by atoms with E-state index in [2.05, 4.69) is 10.4 Å². The van der Waals surface area contributed by atoms with Gasteiger partial charge in [-0.3, -0.25) is 10.2 Å². The van der Waals surface area contributed by atoms with Crippen molar-refractivity contribution in [3.63, 3.8) is 0 Å². The van der Waals surface area contributed by atoms with E-state index >= 15 is 0 Å². The van der Waals surface area contributed by atoms with E-state index in [1.54, 1.807) is 30.5 Å². The molecule has 0 radical (unpaired) electrons. The average Bonchev–Trinajstić information content (AvgIpc) is 2.82. The quantitative estimate of drug-likeness (QED) is 0.432. The first-order chi connectivity index (χ1) is 7.31. The lowest BCUT2D eigenvalue weighted by Gasteiger charge is -2.00. The van der Waals surface area contributed by atoms with Gasteiger partial charge in [0.05, 0.1) is 6.20 Å². The van der Waals surface area contributed by atoms with E-state index in [0.29, 0.717) is 11.5 Å². The molecule has 0 saturated carbocycles. The third-order valence-corrected chi connectivity index (χ3v) is 1.94. The van der Waals surface area contributed by atoms with E-state index in [1.165, 1.54) is 6.26 Å². The zero-order chi connectivity index (χ0) is 10.7. The van der Waals surface area contributed by atoms with Crippen LogP contribution in [-0.4, -0.2) is 10.9 Å². The van der Waals surface area contributed by atoms with Crippen molar-refractivity contribution in [2.24, 2.45) is 5.84 Å². The summed E-state index contributed by atoms with van der Waals surface area (Å²) in [5.74, 6) is 5.16. The van der Waals surface area contributed by atoms with Crippen LogP contribution in [0.4, 0.5) is 0 Å². The molecular formula is C10H9N3O2. The topological polar surface area (TPSA) is 81.1 Å². The molecule has 1 aromatic heterocycles. The predicted molar refractivity (Wildman–Crippen MR) is 53.6 cm³/mol. The van der Waals surface area contributed by atoms with Gasteiger partial charge in [0.2, 0.25) is 5.89 Å². The van der Waals surface area contributed by atoms with Crippen molar-refractivity contribution in [1.29, 1.82) is 0 Å². The Morgan fingerprint density at radius 1 is 1.47 bits per heavy atom. The van der Waals surface area contributed by atoms with E-state index in [0.717, 1.165) is 5.56 Å². The first-order valence-corrected chi connectivity index (χ1v) is 4.32. The van der Waals surface area contributed by atoms with Gasteiger partial charge in [0.15, 0.2) is 0 Å². The maximum absolute atomic E-state index is 11.2. The fourth-order valence-electron chi connectivity index (χ4n) is 1.24. The molecule has 1 aromatic carbocycles. The Morgan fingerprint density at radius 2 is 2.33 bits per heavy atom. The number of amides is 1. The zero-order valence-corrected chi connectivity index (χ0v) is 7.81. The highest BCUT2D eigenvalue weighted by Crippen LogP contribution is 2.17. The normalized spacial score (nSPS) is 9.93. The standard InChI is InChI=1S/C10H9N3O2/c11-13-9(14)7-2-1-3-8(6-7)10-12-4-5-15-10/h1-6H,11H2,(H,13,14). The average molecular weight is 203 g/mol. The van der Waals surface area contributed by atoms with Crippen molar-refractivity contribution in [2.45, 2.75) is 0 Å². The number of hydrogen-bond donors (Lipinski definition) is 2. The maximum atomic E-state index is 11.2. The predicted octanol–water partition coefficient (Wildman–Crippen LogP) is 0.945. The summed E-state index contributed by atoms with van der Waals surface area (Å²) in [4.78, 5) is 15.2. The van der Waals surface area contributed by atoms with Crippen molar-refractivity contribution in [3.05, 3.63) is 42.3 Å². The summed E-state index contributed by atoms with van der Waals surface area (Å²) < 4.78 is 5.11. The third-order valence-electron chi connectivity index (χ3n) is 1.94. The van der Waals surface area contributed by atoms with E-state index in [1.807, 2.05) is 0 Å². The lowest BCUT2D eigenvalue weighted by molar-refractivity contribution is 0.0953. The smallest absolute Gasteiger partial charge is 0.265 e. The second kappa shape index (κ2) is 3.93. The van der Waals surface area contributed by atoms with Gasteiger partial charge in [-0.1, -0.05) is 6.07 Å². The van der Waals surface area contributed by atoms with Crippen molar-refractivity contribution < 1.29 is 9.21 Å². The minimum absolute atomic E-state index is 0.344. The zero-order valence-electron chi connectivity index (χ0n) is 7.81. The summed E-state index contributed by atoms with van der Waals surface area (Å²) in [6, 6.07) is 6.87. The molecule has 3 N–H and O–H groups in total. The molecule has 0 aliphatic rings. The number of hydrazine groups is 1. The fourth-order valence-corrected chi connectivity index (χ4v) is 1.24. The minimum atomic E-state index is -0.344. The molecule has 0 bridgehead atoms. The lowest BCUT2D eigenvalue weighted by atomic mass is 10.1. The highest BCUT2D eigenvalue weighted by atomic mass is 16.3. The summed E-state index contributed by atoms with van der Waals surface area (Å²) in [6.45, 7) is 0. The Hall–Kier alpha value is -2.14. The Labute approximate surface area is 85.9 Å². The van der Waals surface area contributed by atoms with Crippen molar-refractivity contribution in [2.75, 3.05) is 0 Å². The van der Waals surface area contributed by atoms with Gasteiger partial charge in [-0.15, -0.1) is 0 Å². The Balaban J connectivity index is 2.39. The molecule has 0 spiro atoms. The van der Waals surface area contributed by atoms with Crippen molar-refractivity contribution in [3.8, 4) is 11.5 Å². The summed E-state index contributed by atoms with van der Waals surface area (Å²) in [5, 5.41) is 0. The summed E-state index contributed by atoms with van der Waals surface area (Å²) in [5.41, 5.74) is 3.27. The first-order valence-electron chi connectivity index (χ1n) is 4.32. The van der Waals surface area contributed by atoms with Crippen molar-refractivity contribution in [1.82, 2.24) is 10.4 Å². The van der Waals surface area contributed by atoms with Gasteiger partial charge in [0, 0.05) is 11.1 Å². The SMILES string of the molecule is NNC(=O)c1cccc(-c2ncco2)c1. The molecule has 0 aliphatic heterocycles. The number of nitrogens with one attached hydrogen (secondary N) is 1. The number of nitrogen functional groups attached to an aromatic ring is 1. The largest absolute Gasteiger partial charge is 0.445 e. The number of oxazole rings is 1. The summed E-state index contributed by atoms with van der Waals surface area (Å²) in [6.07, 6.45) is 3.02. The molecule has 1 amide bonds. The number of nitrogens with two attached hydrogens (primary N) is 1. The summed E-state index contributed by atoms with van der Waals surface area (Å²) >= 11 is 0. The van der Waals surface area contributed by atoms with Gasteiger partial charge < -0.3 is 4.42 Å². The van der Waals surface area contributed by atoms with Gasteiger partial charge in [0.1, 0.15) is 6.26 Å². The van der Waals surface area contributed by atoms with Crippen LogP contribution in [0.2, 0.25) is 0 Å². The first kappa shape index (κ1) is 9.42. The van der Waals surface area contributed by atoms with Gasteiger partial charge in [-0.25, -0.2) is 10.8 Å². The number of hydrogen-bond acceptors (Lipinski definition) is 4. The van der Waals surface area contributed by atoms with Crippen LogP contribution in [0.1, 0.15) is 10.4 Å². The number of nitrogens with zero attached hydrogens (tertiary/aromatic N) is 1. The fraction of sp³-hybridized carbons (Fsp3) is 0. The van der Waals surface area contributed by atoms with Crippen LogP contribution in [0.3, 0.4) is 0 Å². The molecule has 0 fully saturated rings. The van der Waals surface area contributed by atoms with Crippen LogP contribution in [0.15, 0.2) is 41.1 Å². The Kier molecular flexibility index (Phi) is 2.47. The molecule has 5 heteroatoms. The van der Waals surface area contributed by atoms with E-state index in [9.17, 15) is 4.79 Å². The molecule has 0 unspecified atom stereocenters. The molecule has 76 valence electrons. The minimum Gasteiger partial charge on any atom is -0.445 e. The molecule has 0 atom stereocenters.